The molecule has 0 saturated carbocycles. The quantitative estimate of drug-likeness (QED) is 0.210. The van der Waals surface area contributed by atoms with E-state index in [1.165, 1.54) is 36.2 Å². The molecule has 0 atom stereocenters. The Bertz CT molecular complexity index is 1040. The highest BCUT2D eigenvalue weighted by Gasteiger charge is 2.12. The zero-order valence-corrected chi connectivity index (χ0v) is 17.9. The molecule has 10 heteroatoms. The first kappa shape index (κ1) is 21.0. The monoisotopic (exact) mass is 474 g/mol. The van der Waals surface area contributed by atoms with Crippen molar-refractivity contribution >= 4 is 39.6 Å². The van der Waals surface area contributed by atoms with E-state index in [0.717, 1.165) is 16.5 Å². The van der Waals surface area contributed by atoms with Gasteiger partial charge >= 0.3 is 0 Å². The Labute approximate surface area is 180 Å². The lowest BCUT2D eigenvalue weighted by Gasteiger charge is -2.07. The van der Waals surface area contributed by atoms with Crippen molar-refractivity contribution in [2.24, 2.45) is 5.10 Å². The van der Waals surface area contributed by atoms with E-state index in [-0.39, 0.29) is 0 Å². The predicted octanol–water partition coefficient (Wildman–Crippen LogP) is 4.15. The maximum Gasteiger partial charge on any atom is 0.262 e. The third-order valence-electron chi connectivity index (χ3n) is 3.93. The predicted molar refractivity (Wildman–Crippen MR) is 113 cm³/mol. The van der Waals surface area contributed by atoms with E-state index in [0.29, 0.717) is 28.7 Å². The average molecular weight is 475 g/mol. The van der Waals surface area contributed by atoms with Gasteiger partial charge in [-0.05, 0) is 29.9 Å². The molecule has 0 aliphatic heterocycles. The van der Waals surface area contributed by atoms with Crippen molar-refractivity contribution in [2.45, 2.75) is 30.7 Å². The Balaban J connectivity index is 1.84. The molecular formula is C19H17BrN5O3S-. The molecule has 29 heavy (non-hydrogen) atoms. The van der Waals surface area contributed by atoms with Crippen molar-refractivity contribution in [1.29, 1.82) is 0 Å². The van der Waals surface area contributed by atoms with Crippen molar-refractivity contribution in [2.75, 3.05) is 0 Å². The number of nitro benzene ring substituents is 1. The molecule has 0 radical (unpaired) electrons. The standard InChI is InChI=1S/C19H18BrN5O3S/c1-2-3-18-22-23-19(29-12-13-4-7-15(20)8-5-13)24(18)21-11-14-6-9-17(26)16(10-14)25(27)28/h4-11,26H,2-3,12H2,1H3/p-1/b21-11-. The normalized spacial score (nSPS) is 11.2. The average Bonchev–Trinajstić information content (AvgIpc) is 3.08. The summed E-state index contributed by atoms with van der Waals surface area (Å²) in [6.45, 7) is 2.04. The van der Waals surface area contributed by atoms with Crippen LogP contribution in [0, 0.1) is 10.1 Å². The van der Waals surface area contributed by atoms with Crippen LogP contribution in [0.2, 0.25) is 0 Å². The van der Waals surface area contributed by atoms with Gasteiger partial charge in [0, 0.05) is 28.3 Å². The van der Waals surface area contributed by atoms with Crippen LogP contribution in [0.4, 0.5) is 5.69 Å². The number of halogens is 1. The van der Waals surface area contributed by atoms with Gasteiger partial charge in [-0.15, -0.1) is 10.2 Å². The Morgan fingerprint density at radius 2 is 2.00 bits per heavy atom. The van der Waals surface area contributed by atoms with Crippen LogP contribution in [0.1, 0.15) is 30.3 Å². The number of rotatable bonds is 8. The first-order valence-corrected chi connectivity index (χ1v) is 10.6. The molecule has 0 amide bonds. The molecule has 0 aliphatic rings. The third-order valence-corrected chi connectivity index (χ3v) is 5.45. The van der Waals surface area contributed by atoms with Crippen LogP contribution in [-0.4, -0.2) is 26.0 Å². The van der Waals surface area contributed by atoms with Crippen LogP contribution in [0.25, 0.3) is 0 Å². The van der Waals surface area contributed by atoms with E-state index in [1.807, 2.05) is 31.2 Å². The van der Waals surface area contributed by atoms with E-state index in [9.17, 15) is 15.2 Å². The van der Waals surface area contributed by atoms with Crippen LogP contribution < -0.4 is 5.11 Å². The summed E-state index contributed by atoms with van der Waals surface area (Å²) in [4.78, 5) is 10.3. The molecule has 1 aromatic heterocycles. The number of hydrogen-bond donors (Lipinski definition) is 0. The first-order chi connectivity index (χ1) is 14.0. The number of nitrogens with zero attached hydrogens (tertiary/aromatic N) is 5. The fourth-order valence-electron chi connectivity index (χ4n) is 2.49. The lowest BCUT2D eigenvalue weighted by Crippen LogP contribution is -2.01. The second-order valence-electron chi connectivity index (χ2n) is 6.10. The van der Waals surface area contributed by atoms with Gasteiger partial charge in [0.2, 0.25) is 5.16 Å². The van der Waals surface area contributed by atoms with Crippen LogP contribution in [0.5, 0.6) is 5.75 Å². The van der Waals surface area contributed by atoms with Gasteiger partial charge in [0.1, 0.15) is 0 Å². The second-order valence-corrected chi connectivity index (χ2v) is 7.96. The number of benzene rings is 2. The second kappa shape index (κ2) is 9.66. The number of hydrogen-bond acceptors (Lipinski definition) is 7. The minimum absolute atomic E-state index is 0.455. The fraction of sp³-hybridized carbons (Fsp3) is 0.211. The largest absolute Gasteiger partial charge is 0.868 e. The number of aromatic nitrogens is 3. The van der Waals surface area contributed by atoms with Crippen molar-refractivity contribution in [3.63, 3.8) is 0 Å². The van der Waals surface area contributed by atoms with Crippen LogP contribution in [-0.2, 0) is 12.2 Å². The molecule has 0 saturated heterocycles. The lowest BCUT2D eigenvalue weighted by atomic mass is 10.2. The van der Waals surface area contributed by atoms with Gasteiger partial charge in [-0.25, -0.2) is 0 Å². The number of thioether (sulfide) groups is 1. The molecule has 1 heterocycles. The van der Waals surface area contributed by atoms with Crippen LogP contribution in [0.15, 0.2) is 57.2 Å². The molecule has 0 unspecified atom stereocenters. The topological polar surface area (TPSA) is 109 Å². The molecule has 0 aliphatic carbocycles. The van der Waals surface area contributed by atoms with E-state index in [1.54, 1.807) is 4.68 Å². The maximum absolute atomic E-state index is 11.6. The van der Waals surface area contributed by atoms with E-state index < -0.39 is 16.4 Å². The molecule has 3 aromatic rings. The van der Waals surface area contributed by atoms with Crippen molar-refractivity contribution < 1.29 is 10.0 Å². The van der Waals surface area contributed by atoms with Gasteiger partial charge in [-0.3, -0.25) is 10.1 Å². The van der Waals surface area contributed by atoms with Crippen LogP contribution >= 0.6 is 27.7 Å². The molecule has 8 nitrogen and oxygen atoms in total. The maximum atomic E-state index is 11.6. The summed E-state index contributed by atoms with van der Waals surface area (Å²) in [6, 6.07) is 11.9. The molecule has 2 aromatic carbocycles. The van der Waals surface area contributed by atoms with Gasteiger partial charge in [0.05, 0.1) is 11.1 Å². The molecule has 150 valence electrons. The van der Waals surface area contributed by atoms with E-state index in [4.69, 9.17) is 0 Å². The SMILES string of the molecule is CCCc1nnc(SCc2ccc(Br)cc2)n1/N=C\c1ccc([O-])c([N+](=O)[O-])c1. The van der Waals surface area contributed by atoms with Crippen molar-refractivity contribution in [3.8, 4) is 5.75 Å². The summed E-state index contributed by atoms with van der Waals surface area (Å²) >= 11 is 4.92. The number of aryl methyl sites for hydroxylation is 1. The molecule has 0 bridgehead atoms. The van der Waals surface area contributed by atoms with Gasteiger partial charge in [0.25, 0.3) is 5.69 Å². The summed E-state index contributed by atoms with van der Waals surface area (Å²) in [6.07, 6.45) is 3.04. The molecule has 0 N–H and O–H groups in total. The minimum atomic E-state index is -0.694. The van der Waals surface area contributed by atoms with E-state index in [2.05, 4.69) is 31.2 Å². The molecule has 0 spiro atoms. The van der Waals surface area contributed by atoms with Gasteiger partial charge in [0.15, 0.2) is 5.82 Å². The van der Waals surface area contributed by atoms with Crippen molar-refractivity contribution in [3.05, 3.63) is 74.0 Å². The third kappa shape index (κ3) is 5.42. The smallest absolute Gasteiger partial charge is 0.262 e. The first-order valence-electron chi connectivity index (χ1n) is 8.79. The van der Waals surface area contributed by atoms with Crippen LogP contribution in [0.3, 0.4) is 0 Å². The molecular weight excluding hydrogens is 458 g/mol. The summed E-state index contributed by atoms with van der Waals surface area (Å²) in [5, 5.41) is 36.0. The summed E-state index contributed by atoms with van der Waals surface area (Å²) in [7, 11) is 0. The van der Waals surface area contributed by atoms with Gasteiger partial charge in [-0.2, -0.15) is 9.78 Å². The molecule has 0 fully saturated rings. The zero-order chi connectivity index (χ0) is 20.8. The van der Waals surface area contributed by atoms with Gasteiger partial charge < -0.3 is 5.11 Å². The highest BCUT2D eigenvalue weighted by atomic mass is 79.9. The summed E-state index contributed by atoms with van der Waals surface area (Å²) < 4.78 is 2.66. The molecule has 3 rings (SSSR count). The lowest BCUT2D eigenvalue weighted by molar-refractivity contribution is -0.398. The zero-order valence-electron chi connectivity index (χ0n) is 15.5. The minimum Gasteiger partial charge on any atom is -0.868 e. The Hall–Kier alpha value is -2.72. The van der Waals surface area contributed by atoms with E-state index >= 15 is 0 Å². The summed E-state index contributed by atoms with van der Waals surface area (Å²) in [5.41, 5.74) is 1.11. The summed E-state index contributed by atoms with van der Waals surface area (Å²) in [5.74, 6) is 0.773. The highest BCUT2D eigenvalue weighted by Crippen LogP contribution is 2.25. The fourth-order valence-corrected chi connectivity index (χ4v) is 3.62. The Morgan fingerprint density at radius 1 is 1.24 bits per heavy atom. The number of nitro groups is 1. The Morgan fingerprint density at radius 3 is 2.69 bits per heavy atom. The van der Waals surface area contributed by atoms with Gasteiger partial charge in [-0.1, -0.05) is 58.9 Å². The van der Waals surface area contributed by atoms with Crippen molar-refractivity contribution in [1.82, 2.24) is 14.9 Å². The Kier molecular flexibility index (Phi) is 6.99. The highest BCUT2D eigenvalue weighted by molar-refractivity contribution is 9.10.